The second-order valence-corrected chi connectivity index (χ2v) is 8.74. The third-order valence-corrected chi connectivity index (χ3v) is 6.67. The summed E-state index contributed by atoms with van der Waals surface area (Å²) in [4.78, 5) is 51.8. The number of imide groups is 2. The number of hydrogen-bond donors (Lipinski definition) is 1. The molecule has 2 bridgehead atoms. The van der Waals surface area contributed by atoms with Crippen LogP contribution in [-0.4, -0.2) is 41.4 Å². The van der Waals surface area contributed by atoms with Crippen LogP contribution in [0.3, 0.4) is 0 Å². The summed E-state index contributed by atoms with van der Waals surface area (Å²) in [5.41, 5.74) is 0.368. The SMILES string of the molecule is CCOc1cc(/C=C2\C(=O)NC(=O)N([C@H]3C[C@H]4CC[C@H]3C4)C2=O)ccc1OC(=O)c1ccco1. The van der Waals surface area contributed by atoms with Gasteiger partial charge in [-0.15, -0.1) is 0 Å². The number of carbonyl (C=O) groups excluding carboxylic acids is 4. The van der Waals surface area contributed by atoms with Crippen molar-refractivity contribution in [1.82, 2.24) is 10.2 Å². The maximum Gasteiger partial charge on any atom is 0.379 e. The van der Waals surface area contributed by atoms with E-state index in [0.29, 0.717) is 24.0 Å². The number of fused-ring (bicyclic) bond motifs is 2. The van der Waals surface area contributed by atoms with Gasteiger partial charge in [-0.2, -0.15) is 0 Å². The highest BCUT2D eigenvalue weighted by atomic mass is 16.6. The summed E-state index contributed by atoms with van der Waals surface area (Å²) in [6, 6.07) is 6.91. The number of ether oxygens (including phenoxy) is 2. The third-order valence-electron chi connectivity index (χ3n) is 6.67. The van der Waals surface area contributed by atoms with Crippen LogP contribution in [0.4, 0.5) is 4.79 Å². The summed E-state index contributed by atoms with van der Waals surface area (Å²) in [7, 11) is 0. The minimum atomic E-state index is -0.735. The van der Waals surface area contributed by atoms with Gasteiger partial charge in [0.25, 0.3) is 11.8 Å². The van der Waals surface area contributed by atoms with Crippen molar-refractivity contribution in [2.45, 2.75) is 38.6 Å². The van der Waals surface area contributed by atoms with Crippen molar-refractivity contribution in [3.63, 3.8) is 0 Å². The molecule has 3 fully saturated rings. The number of urea groups is 1. The molecule has 176 valence electrons. The van der Waals surface area contributed by atoms with Crippen molar-refractivity contribution >= 4 is 29.9 Å². The Bertz CT molecular complexity index is 1180. The number of esters is 1. The van der Waals surface area contributed by atoms with Crippen LogP contribution in [0.2, 0.25) is 0 Å². The minimum Gasteiger partial charge on any atom is -0.490 e. The molecule has 0 radical (unpaired) electrons. The van der Waals surface area contributed by atoms with Crippen molar-refractivity contribution in [3.8, 4) is 11.5 Å². The zero-order valence-corrected chi connectivity index (χ0v) is 18.6. The van der Waals surface area contributed by atoms with E-state index in [9.17, 15) is 19.2 Å². The summed E-state index contributed by atoms with van der Waals surface area (Å²) >= 11 is 0. The Morgan fingerprint density at radius 1 is 1.18 bits per heavy atom. The standard InChI is InChI=1S/C25H24N2O7/c1-2-32-21-13-15(6-8-19(21)34-24(30)20-4-3-9-33-20)11-17-22(28)26-25(31)27(23(17)29)18-12-14-5-7-16(18)10-14/h3-4,6,8-9,11,13-14,16,18H,2,5,7,10,12H2,1H3,(H,26,28,31)/b17-11+/t14-,16-,18-/m0/s1. The summed E-state index contributed by atoms with van der Waals surface area (Å²) in [6.45, 7) is 2.08. The molecule has 9 nitrogen and oxygen atoms in total. The molecule has 9 heteroatoms. The van der Waals surface area contributed by atoms with Gasteiger partial charge in [0.1, 0.15) is 5.57 Å². The molecule has 34 heavy (non-hydrogen) atoms. The highest BCUT2D eigenvalue weighted by molar-refractivity contribution is 6.31. The molecule has 3 aliphatic rings. The average Bonchev–Trinajstić information content (AvgIpc) is 3.57. The van der Waals surface area contributed by atoms with Gasteiger partial charge in [0, 0.05) is 6.04 Å². The van der Waals surface area contributed by atoms with Gasteiger partial charge in [0.2, 0.25) is 5.76 Å². The first-order valence-electron chi connectivity index (χ1n) is 11.4. The number of furan rings is 1. The van der Waals surface area contributed by atoms with Crippen LogP contribution in [0.1, 0.15) is 48.7 Å². The highest BCUT2D eigenvalue weighted by Crippen LogP contribution is 2.47. The molecule has 0 unspecified atom stereocenters. The minimum absolute atomic E-state index is 0.0449. The Balaban J connectivity index is 1.41. The van der Waals surface area contributed by atoms with Crippen LogP contribution >= 0.6 is 0 Å². The Hall–Kier alpha value is -3.88. The fraction of sp³-hybridized carbons (Fsp3) is 0.360. The summed E-state index contributed by atoms with van der Waals surface area (Å²) in [6.07, 6.45) is 6.72. The van der Waals surface area contributed by atoms with Crippen molar-refractivity contribution < 1.29 is 33.1 Å². The molecule has 2 aliphatic carbocycles. The monoisotopic (exact) mass is 464 g/mol. The molecular weight excluding hydrogens is 440 g/mol. The lowest BCUT2D eigenvalue weighted by molar-refractivity contribution is -0.132. The lowest BCUT2D eigenvalue weighted by atomic mass is 9.93. The molecule has 1 saturated heterocycles. The van der Waals surface area contributed by atoms with E-state index in [1.165, 1.54) is 29.4 Å². The second kappa shape index (κ2) is 8.81. The number of benzene rings is 1. The van der Waals surface area contributed by atoms with E-state index >= 15 is 0 Å². The highest BCUT2D eigenvalue weighted by Gasteiger charge is 2.49. The van der Waals surface area contributed by atoms with E-state index in [-0.39, 0.29) is 28.9 Å². The van der Waals surface area contributed by atoms with E-state index in [2.05, 4.69) is 5.32 Å². The molecule has 3 atom stereocenters. The summed E-state index contributed by atoms with van der Waals surface area (Å²) in [5, 5.41) is 2.31. The Labute approximate surface area is 195 Å². The lowest BCUT2D eigenvalue weighted by Gasteiger charge is -2.35. The molecule has 2 heterocycles. The van der Waals surface area contributed by atoms with Crippen LogP contribution in [0, 0.1) is 11.8 Å². The Morgan fingerprint density at radius 3 is 2.71 bits per heavy atom. The number of nitrogens with one attached hydrogen (secondary N) is 1. The van der Waals surface area contributed by atoms with Crippen molar-refractivity contribution in [3.05, 3.63) is 53.5 Å². The third kappa shape index (κ3) is 3.98. The van der Waals surface area contributed by atoms with Crippen LogP contribution in [0.15, 0.2) is 46.6 Å². The zero-order chi connectivity index (χ0) is 23.8. The van der Waals surface area contributed by atoms with Gasteiger partial charge >= 0.3 is 12.0 Å². The van der Waals surface area contributed by atoms with Crippen LogP contribution < -0.4 is 14.8 Å². The predicted molar refractivity (Wildman–Crippen MR) is 119 cm³/mol. The van der Waals surface area contributed by atoms with Gasteiger partial charge < -0.3 is 13.9 Å². The summed E-state index contributed by atoms with van der Waals surface area (Å²) in [5.74, 6) is -0.696. The van der Waals surface area contributed by atoms with E-state index in [1.54, 1.807) is 25.1 Å². The number of barbiturate groups is 1. The van der Waals surface area contributed by atoms with Crippen LogP contribution in [0.25, 0.3) is 6.08 Å². The van der Waals surface area contributed by atoms with Gasteiger partial charge in [-0.25, -0.2) is 9.59 Å². The largest absolute Gasteiger partial charge is 0.490 e. The average molecular weight is 464 g/mol. The Kier molecular flexibility index (Phi) is 5.69. The molecule has 2 saturated carbocycles. The number of carbonyl (C=O) groups is 4. The van der Waals surface area contributed by atoms with Crippen molar-refractivity contribution in [2.24, 2.45) is 11.8 Å². The molecule has 2 aromatic rings. The van der Waals surface area contributed by atoms with Crippen molar-refractivity contribution in [2.75, 3.05) is 6.61 Å². The van der Waals surface area contributed by atoms with E-state index < -0.39 is 23.8 Å². The van der Waals surface area contributed by atoms with Gasteiger partial charge in [-0.3, -0.25) is 19.8 Å². The molecule has 1 aromatic carbocycles. The van der Waals surface area contributed by atoms with E-state index in [1.807, 2.05) is 0 Å². The summed E-state index contributed by atoms with van der Waals surface area (Å²) < 4.78 is 16.0. The van der Waals surface area contributed by atoms with Gasteiger partial charge in [-0.1, -0.05) is 12.5 Å². The van der Waals surface area contributed by atoms with Crippen LogP contribution in [-0.2, 0) is 9.59 Å². The van der Waals surface area contributed by atoms with E-state index in [0.717, 1.165) is 25.7 Å². The first-order chi connectivity index (χ1) is 16.4. The molecule has 4 amide bonds. The fourth-order valence-electron chi connectivity index (χ4n) is 5.18. The number of rotatable bonds is 6. The second-order valence-electron chi connectivity index (χ2n) is 8.74. The number of hydrogen-bond acceptors (Lipinski definition) is 7. The van der Waals surface area contributed by atoms with E-state index in [4.69, 9.17) is 13.9 Å². The molecule has 1 aliphatic heterocycles. The molecule has 1 N–H and O–H groups in total. The first-order valence-corrected chi connectivity index (χ1v) is 11.4. The number of nitrogens with zero attached hydrogens (tertiary/aromatic N) is 1. The maximum atomic E-state index is 13.2. The molecule has 0 spiro atoms. The van der Waals surface area contributed by atoms with Crippen LogP contribution in [0.5, 0.6) is 11.5 Å². The smallest absolute Gasteiger partial charge is 0.379 e. The molecule has 5 rings (SSSR count). The van der Waals surface area contributed by atoms with Gasteiger partial charge in [0.15, 0.2) is 11.5 Å². The topological polar surface area (TPSA) is 115 Å². The van der Waals surface area contributed by atoms with Gasteiger partial charge in [-0.05, 0) is 73.9 Å². The molecular formula is C25H24N2O7. The lowest BCUT2D eigenvalue weighted by Crippen LogP contribution is -2.58. The zero-order valence-electron chi connectivity index (χ0n) is 18.6. The number of amides is 4. The first kappa shape index (κ1) is 21.9. The normalized spacial score (nSPS) is 25.1. The Morgan fingerprint density at radius 2 is 2.03 bits per heavy atom. The maximum absolute atomic E-state index is 13.2. The predicted octanol–water partition coefficient (Wildman–Crippen LogP) is 3.55. The fourth-order valence-corrected chi connectivity index (χ4v) is 5.18. The van der Waals surface area contributed by atoms with Crippen molar-refractivity contribution in [1.29, 1.82) is 0 Å². The quantitative estimate of drug-likeness (QED) is 0.301. The van der Waals surface area contributed by atoms with Gasteiger partial charge in [0.05, 0.1) is 12.9 Å². The molecule has 1 aromatic heterocycles.